The van der Waals surface area contributed by atoms with E-state index in [1.54, 1.807) is 9.80 Å². The van der Waals surface area contributed by atoms with Gasteiger partial charge in [0.25, 0.3) is 5.56 Å². The highest BCUT2D eigenvalue weighted by Gasteiger charge is 2.32. The Morgan fingerprint density at radius 1 is 1.03 bits per heavy atom. The van der Waals surface area contributed by atoms with Crippen molar-refractivity contribution in [1.29, 1.82) is 0 Å². The van der Waals surface area contributed by atoms with Crippen LogP contribution in [0.4, 0.5) is 8.78 Å². The first-order valence-electron chi connectivity index (χ1n) is 11.9. The Labute approximate surface area is 200 Å². The average Bonchev–Trinajstić information content (AvgIpc) is 2.86. The first-order valence-corrected chi connectivity index (χ1v) is 11.9. The predicted octanol–water partition coefficient (Wildman–Crippen LogP) is 2.06. The third kappa shape index (κ3) is 4.94. The molecule has 2 amide bonds. The van der Waals surface area contributed by atoms with E-state index in [9.17, 15) is 28.0 Å². The van der Waals surface area contributed by atoms with E-state index in [4.69, 9.17) is 4.74 Å². The molecule has 1 saturated heterocycles. The molecule has 2 fully saturated rings. The molecule has 4 rings (SSSR count). The smallest absolute Gasteiger partial charge is 0.335 e. The summed E-state index contributed by atoms with van der Waals surface area (Å²) in [4.78, 5) is 53.9. The molecule has 0 radical (unpaired) electrons. The molecular formula is C24H30F2N4O5. The van der Waals surface area contributed by atoms with Gasteiger partial charge in [-0.15, -0.1) is 0 Å². The van der Waals surface area contributed by atoms with Crippen molar-refractivity contribution in [3.63, 3.8) is 0 Å². The van der Waals surface area contributed by atoms with Gasteiger partial charge in [-0.05, 0) is 49.8 Å². The normalized spacial score (nSPS) is 20.9. The molecule has 1 aromatic carbocycles. The van der Waals surface area contributed by atoms with Gasteiger partial charge in [0.1, 0.15) is 5.75 Å². The summed E-state index contributed by atoms with van der Waals surface area (Å²) in [6.45, 7) is 0.539. The molecule has 11 heteroatoms. The summed E-state index contributed by atoms with van der Waals surface area (Å²) >= 11 is 0. The lowest BCUT2D eigenvalue weighted by Crippen LogP contribution is -2.51. The number of piperazine rings is 1. The van der Waals surface area contributed by atoms with Gasteiger partial charge in [-0.2, -0.15) is 8.78 Å². The molecule has 190 valence electrons. The lowest BCUT2D eigenvalue weighted by Gasteiger charge is -2.37. The van der Waals surface area contributed by atoms with Crippen molar-refractivity contribution >= 4 is 22.7 Å². The zero-order valence-electron chi connectivity index (χ0n) is 19.9. The Kier molecular flexibility index (Phi) is 7.23. The Morgan fingerprint density at radius 3 is 2.23 bits per heavy atom. The topological polar surface area (TPSA) is 93.8 Å². The molecule has 1 saturated carbocycles. The van der Waals surface area contributed by atoms with Crippen LogP contribution in [0.15, 0.2) is 27.8 Å². The molecule has 35 heavy (non-hydrogen) atoms. The van der Waals surface area contributed by atoms with Crippen LogP contribution in [-0.4, -0.2) is 64.0 Å². The van der Waals surface area contributed by atoms with Gasteiger partial charge in [0.05, 0.1) is 18.0 Å². The minimum absolute atomic E-state index is 0.00202. The second-order valence-electron chi connectivity index (χ2n) is 9.28. The molecule has 0 spiro atoms. The maximum absolute atomic E-state index is 13.8. The van der Waals surface area contributed by atoms with Crippen LogP contribution < -0.4 is 16.0 Å². The van der Waals surface area contributed by atoms with Crippen LogP contribution in [0.3, 0.4) is 0 Å². The van der Waals surface area contributed by atoms with E-state index < -0.39 is 17.8 Å². The van der Waals surface area contributed by atoms with Gasteiger partial charge in [0, 0.05) is 45.6 Å². The number of amides is 2. The van der Waals surface area contributed by atoms with Crippen LogP contribution in [-0.2, 0) is 16.1 Å². The average molecular weight is 493 g/mol. The van der Waals surface area contributed by atoms with E-state index in [-0.39, 0.29) is 41.1 Å². The van der Waals surface area contributed by atoms with Crippen LogP contribution in [0, 0.1) is 11.8 Å². The number of rotatable bonds is 5. The number of methoxy groups -OCH3 is 1. The Balaban J connectivity index is 1.47. The van der Waals surface area contributed by atoms with Gasteiger partial charge in [-0.1, -0.05) is 0 Å². The van der Waals surface area contributed by atoms with Crippen molar-refractivity contribution in [3.05, 3.63) is 39.0 Å². The van der Waals surface area contributed by atoms with Crippen molar-refractivity contribution in [2.75, 3.05) is 33.3 Å². The number of benzene rings is 1. The van der Waals surface area contributed by atoms with E-state index in [1.807, 2.05) is 0 Å². The second-order valence-corrected chi connectivity index (χ2v) is 9.28. The number of ether oxygens (including phenoxy) is 1. The highest BCUT2D eigenvalue weighted by Crippen LogP contribution is 2.31. The molecule has 0 bridgehead atoms. The molecule has 1 aliphatic carbocycles. The zero-order chi connectivity index (χ0) is 25.3. The predicted molar refractivity (Wildman–Crippen MR) is 125 cm³/mol. The van der Waals surface area contributed by atoms with E-state index in [2.05, 4.69) is 0 Å². The van der Waals surface area contributed by atoms with Gasteiger partial charge in [-0.3, -0.25) is 19.0 Å². The minimum atomic E-state index is -3.10. The fourth-order valence-corrected chi connectivity index (χ4v) is 5.19. The number of halogens is 2. The standard InChI is InChI=1S/C24H30F2N4O5/c1-15(31)27-9-11-28(12-10-27)21(32)17-5-3-16(4-6-17)14-29-22(33)19-13-18(35-2)7-8-20(19)30(23(25)26)24(29)34/h7-8,13,16-17,23H,3-6,9-12,14H2,1-2H3/t16-,17-. The summed E-state index contributed by atoms with van der Waals surface area (Å²) < 4.78 is 33.9. The van der Waals surface area contributed by atoms with E-state index >= 15 is 0 Å². The van der Waals surface area contributed by atoms with Crippen LogP contribution in [0.25, 0.3) is 10.9 Å². The van der Waals surface area contributed by atoms with Gasteiger partial charge < -0.3 is 14.5 Å². The first kappa shape index (κ1) is 24.9. The van der Waals surface area contributed by atoms with Crippen molar-refractivity contribution < 1.29 is 23.1 Å². The number of carbonyl (C=O) groups excluding carboxylic acids is 2. The first-order chi connectivity index (χ1) is 16.7. The molecule has 2 aliphatic rings. The maximum Gasteiger partial charge on any atom is 0.335 e. The molecule has 2 heterocycles. The fraction of sp³-hybridized carbons (Fsp3) is 0.583. The molecule has 1 aliphatic heterocycles. The van der Waals surface area contributed by atoms with E-state index in [0.29, 0.717) is 62.2 Å². The molecular weight excluding hydrogens is 462 g/mol. The summed E-state index contributed by atoms with van der Waals surface area (Å²) in [5.41, 5.74) is -1.79. The van der Waals surface area contributed by atoms with Gasteiger partial charge in [0.2, 0.25) is 11.8 Å². The summed E-state index contributed by atoms with van der Waals surface area (Å²) in [5.74, 6) is 0.190. The summed E-state index contributed by atoms with van der Waals surface area (Å²) in [7, 11) is 1.41. The van der Waals surface area contributed by atoms with Gasteiger partial charge >= 0.3 is 12.2 Å². The number of carbonyl (C=O) groups is 2. The number of alkyl halides is 2. The summed E-state index contributed by atoms with van der Waals surface area (Å²) in [6.07, 6.45) is 2.44. The van der Waals surface area contributed by atoms with Crippen molar-refractivity contribution in [1.82, 2.24) is 18.9 Å². The van der Waals surface area contributed by atoms with E-state index in [0.717, 1.165) is 4.57 Å². The van der Waals surface area contributed by atoms with Crippen molar-refractivity contribution in [2.24, 2.45) is 11.8 Å². The number of hydrogen-bond donors (Lipinski definition) is 0. The summed E-state index contributed by atoms with van der Waals surface area (Å²) in [5, 5.41) is -0.00202. The molecule has 0 N–H and O–H groups in total. The molecule has 2 aromatic rings. The quantitative estimate of drug-likeness (QED) is 0.637. The Bertz CT molecular complexity index is 1220. The van der Waals surface area contributed by atoms with Crippen LogP contribution in [0.1, 0.15) is 39.2 Å². The van der Waals surface area contributed by atoms with Crippen LogP contribution in [0.2, 0.25) is 0 Å². The van der Waals surface area contributed by atoms with E-state index in [1.165, 1.54) is 32.2 Å². The number of aromatic nitrogens is 2. The minimum Gasteiger partial charge on any atom is -0.497 e. The van der Waals surface area contributed by atoms with Crippen molar-refractivity contribution in [3.8, 4) is 5.75 Å². The largest absolute Gasteiger partial charge is 0.497 e. The molecule has 0 unspecified atom stereocenters. The monoisotopic (exact) mass is 492 g/mol. The maximum atomic E-state index is 13.8. The van der Waals surface area contributed by atoms with Gasteiger partial charge in [-0.25, -0.2) is 9.36 Å². The lowest BCUT2D eigenvalue weighted by atomic mass is 9.81. The highest BCUT2D eigenvalue weighted by atomic mass is 19.3. The van der Waals surface area contributed by atoms with Gasteiger partial charge in [0.15, 0.2) is 0 Å². The Hall–Kier alpha value is -3.24. The third-order valence-corrected chi connectivity index (χ3v) is 7.24. The highest BCUT2D eigenvalue weighted by molar-refractivity contribution is 5.80. The Morgan fingerprint density at radius 2 is 1.66 bits per heavy atom. The SMILES string of the molecule is COc1ccc2c(c1)c(=O)n(C[C@H]1CC[C@H](C(=O)N3CCN(C(C)=O)CC3)CC1)c(=O)n2C(F)F. The second kappa shape index (κ2) is 10.2. The fourth-order valence-electron chi connectivity index (χ4n) is 5.19. The number of nitrogens with zero attached hydrogens (tertiary/aromatic N) is 4. The van der Waals surface area contributed by atoms with Crippen molar-refractivity contribution in [2.45, 2.75) is 45.7 Å². The third-order valence-electron chi connectivity index (χ3n) is 7.24. The zero-order valence-corrected chi connectivity index (χ0v) is 19.9. The molecule has 0 atom stereocenters. The lowest BCUT2D eigenvalue weighted by molar-refractivity contribution is -0.142. The molecule has 9 nitrogen and oxygen atoms in total. The van der Waals surface area contributed by atoms with Crippen LogP contribution in [0.5, 0.6) is 5.75 Å². The van der Waals surface area contributed by atoms with Crippen LogP contribution >= 0.6 is 0 Å². The number of fused-ring (bicyclic) bond motifs is 1. The molecule has 1 aromatic heterocycles. The summed E-state index contributed by atoms with van der Waals surface area (Å²) in [6, 6.07) is 4.09. The number of hydrogen-bond acceptors (Lipinski definition) is 5.